The largest absolute Gasteiger partial charge is 0.469 e. The summed E-state index contributed by atoms with van der Waals surface area (Å²) in [6, 6.07) is 19.7. The van der Waals surface area contributed by atoms with Gasteiger partial charge in [0.15, 0.2) is 11.0 Å². The van der Waals surface area contributed by atoms with Crippen LogP contribution < -0.4 is 4.90 Å². The van der Waals surface area contributed by atoms with E-state index in [1.165, 1.54) is 11.8 Å². The Hall–Kier alpha value is -3.83. The number of anilines is 1. The molecule has 0 saturated carbocycles. The van der Waals surface area contributed by atoms with Gasteiger partial charge in [0, 0.05) is 17.9 Å². The van der Waals surface area contributed by atoms with E-state index in [2.05, 4.69) is 16.3 Å². The molecule has 8 heteroatoms. The number of hydrogen-bond donors (Lipinski definition) is 0. The molecule has 0 aliphatic heterocycles. The van der Waals surface area contributed by atoms with E-state index in [-0.39, 0.29) is 18.1 Å². The zero-order chi connectivity index (χ0) is 24.1. The van der Waals surface area contributed by atoms with E-state index in [9.17, 15) is 4.79 Å². The zero-order valence-electron chi connectivity index (χ0n) is 19.4. The lowest BCUT2D eigenvalue weighted by Crippen LogP contribution is -2.33. The van der Waals surface area contributed by atoms with Gasteiger partial charge in [-0.05, 0) is 62.2 Å². The molecule has 0 fully saturated rings. The van der Waals surface area contributed by atoms with E-state index in [1.54, 1.807) is 11.2 Å². The fraction of sp³-hybridized carbons (Fsp3) is 0.231. The number of aryl methyl sites for hydroxylation is 3. The lowest BCUT2D eigenvalue weighted by molar-refractivity contribution is -0.116. The van der Waals surface area contributed by atoms with E-state index in [0.29, 0.717) is 17.5 Å². The molecule has 1 amide bonds. The van der Waals surface area contributed by atoms with E-state index in [1.807, 2.05) is 79.9 Å². The molecule has 7 nitrogen and oxygen atoms in total. The second kappa shape index (κ2) is 10.4. The molecule has 0 aliphatic rings. The number of nitrogens with zero attached hydrogens (tertiary/aromatic N) is 5. The van der Waals surface area contributed by atoms with Crippen LogP contribution in [0, 0.1) is 32.1 Å². The molecule has 2 aromatic carbocycles. The van der Waals surface area contributed by atoms with Crippen molar-refractivity contribution >= 4 is 23.4 Å². The van der Waals surface area contributed by atoms with Crippen molar-refractivity contribution in [1.29, 1.82) is 5.26 Å². The van der Waals surface area contributed by atoms with Crippen molar-refractivity contribution in [2.24, 2.45) is 0 Å². The third-order valence-electron chi connectivity index (χ3n) is 5.62. The maximum absolute atomic E-state index is 13.3. The molecule has 0 atom stereocenters. The van der Waals surface area contributed by atoms with Gasteiger partial charge in [0.1, 0.15) is 5.76 Å². The molecule has 0 N–H and O–H groups in total. The Kier molecular flexibility index (Phi) is 7.14. The number of thioether (sulfide) groups is 1. The van der Waals surface area contributed by atoms with Crippen LogP contribution in [0.4, 0.5) is 5.69 Å². The zero-order valence-corrected chi connectivity index (χ0v) is 20.2. The third kappa shape index (κ3) is 4.90. The summed E-state index contributed by atoms with van der Waals surface area (Å²) < 4.78 is 7.41. The van der Waals surface area contributed by atoms with Crippen LogP contribution in [-0.4, -0.2) is 33.0 Å². The van der Waals surface area contributed by atoms with Gasteiger partial charge >= 0.3 is 0 Å². The molecular formula is C26H25N5O2S. The standard InChI is InChI=1S/C26H25N5O2S/c1-18-10-11-22(16-19(18)2)30(14-7-13-27)24(32)17-34-26-29-28-25(23-12-15-33-20(23)3)31(26)21-8-5-4-6-9-21/h4-6,8-12,15-16H,7,14,17H2,1-3H3. The Bertz CT molecular complexity index is 1340. The lowest BCUT2D eigenvalue weighted by atomic mass is 10.1. The fourth-order valence-electron chi connectivity index (χ4n) is 3.62. The second-order valence-electron chi connectivity index (χ2n) is 7.88. The van der Waals surface area contributed by atoms with Crippen LogP contribution in [-0.2, 0) is 4.79 Å². The molecule has 0 bridgehead atoms. The predicted molar refractivity (Wildman–Crippen MR) is 133 cm³/mol. The van der Waals surface area contributed by atoms with Gasteiger partial charge in [0.05, 0.1) is 30.1 Å². The summed E-state index contributed by atoms with van der Waals surface area (Å²) in [6.45, 7) is 6.27. The molecule has 0 radical (unpaired) electrons. The molecule has 2 heterocycles. The van der Waals surface area contributed by atoms with E-state index < -0.39 is 0 Å². The van der Waals surface area contributed by atoms with Crippen LogP contribution in [0.2, 0.25) is 0 Å². The number of carbonyl (C=O) groups is 1. The minimum Gasteiger partial charge on any atom is -0.469 e. The van der Waals surface area contributed by atoms with Gasteiger partial charge < -0.3 is 9.32 Å². The molecule has 4 aromatic rings. The van der Waals surface area contributed by atoms with Crippen LogP contribution in [0.25, 0.3) is 17.1 Å². The minimum absolute atomic E-state index is 0.0906. The summed E-state index contributed by atoms with van der Waals surface area (Å²) in [6.07, 6.45) is 1.88. The normalized spacial score (nSPS) is 10.8. The summed E-state index contributed by atoms with van der Waals surface area (Å²) in [5, 5.41) is 18.5. The molecule has 0 unspecified atom stereocenters. The highest BCUT2D eigenvalue weighted by molar-refractivity contribution is 7.99. The van der Waals surface area contributed by atoms with Crippen molar-refractivity contribution in [3.8, 4) is 23.1 Å². The number of furan rings is 1. The predicted octanol–water partition coefficient (Wildman–Crippen LogP) is 5.49. The summed E-state index contributed by atoms with van der Waals surface area (Å²) in [4.78, 5) is 15.0. The number of benzene rings is 2. The number of carbonyl (C=O) groups excluding carboxylic acids is 1. The Balaban J connectivity index is 1.62. The molecule has 172 valence electrons. The van der Waals surface area contributed by atoms with Crippen molar-refractivity contribution in [3.63, 3.8) is 0 Å². The van der Waals surface area contributed by atoms with Crippen LogP contribution in [0.5, 0.6) is 0 Å². The van der Waals surface area contributed by atoms with E-state index in [0.717, 1.165) is 33.8 Å². The first-order chi connectivity index (χ1) is 16.5. The fourth-order valence-corrected chi connectivity index (χ4v) is 4.45. The molecule has 0 saturated heterocycles. The molecule has 0 spiro atoms. The Morgan fingerprint density at radius 2 is 1.88 bits per heavy atom. The van der Waals surface area contributed by atoms with Crippen molar-refractivity contribution < 1.29 is 9.21 Å². The van der Waals surface area contributed by atoms with Crippen LogP contribution in [0.1, 0.15) is 23.3 Å². The Morgan fingerprint density at radius 3 is 2.56 bits per heavy atom. The first kappa shape index (κ1) is 23.3. The summed E-state index contributed by atoms with van der Waals surface area (Å²) in [5.74, 6) is 1.47. The van der Waals surface area contributed by atoms with Gasteiger partial charge in [-0.1, -0.05) is 36.0 Å². The maximum Gasteiger partial charge on any atom is 0.237 e. The molecular weight excluding hydrogens is 446 g/mol. The highest BCUT2D eigenvalue weighted by Gasteiger charge is 2.22. The van der Waals surface area contributed by atoms with E-state index >= 15 is 0 Å². The van der Waals surface area contributed by atoms with E-state index in [4.69, 9.17) is 9.68 Å². The van der Waals surface area contributed by atoms with Crippen LogP contribution in [0.15, 0.2) is 70.4 Å². The van der Waals surface area contributed by atoms with Gasteiger partial charge in [0.25, 0.3) is 0 Å². The molecule has 0 aliphatic carbocycles. The average Bonchev–Trinajstić information content (AvgIpc) is 3.46. The van der Waals surface area contributed by atoms with Gasteiger partial charge in [-0.15, -0.1) is 10.2 Å². The van der Waals surface area contributed by atoms with Gasteiger partial charge in [-0.3, -0.25) is 9.36 Å². The summed E-state index contributed by atoms with van der Waals surface area (Å²) in [7, 11) is 0. The van der Waals surface area contributed by atoms with Crippen molar-refractivity contribution in [2.75, 3.05) is 17.2 Å². The maximum atomic E-state index is 13.3. The van der Waals surface area contributed by atoms with Crippen LogP contribution >= 0.6 is 11.8 Å². The summed E-state index contributed by atoms with van der Waals surface area (Å²) in [5.41, 5.74) is 4.80. The second-order valence-corrected chi connectivity index (χ2v) is 8.82. The SMILES string of the molecule is Cc1ccc(N(CCC#N)C(=O)CSc2nnc(-c3ccoc3C)n2-c2ccccc2)cc1C. The highest BCUT2D eigenvalue weighted by Crippen LogP contribution is 2.30. The number of aromatic nitrogens is 3. The highest BCUT2D eigenvalue weighted by atomic mass is 32.2. The monoisotopic (exact) mass is 471 g/mol. The van der Waals surface area contributed by atoms with Gasteiger partial charge in [0.2, 0.25) is 5.91 Å². The first-order valence-electron chi connectivity index (χ1n) is 10.9. The number of hydrogen-bond acceptors (Lipinski definition) is 6. The van der Waals surface area contributed by atoms with Crippen molar-refractivity contribution in [2.45, 2.75) is 32.3 Å². The molecule has 4 rings (SSSR count). The van der Waals surface area contributed by atoms with Gasteiger partial charge in [-0.25, -0.2) is 0 Å². The van der Waals surface area contributed by atoms with Crippen LogP contribution in [0.3, 0.4) is 0 Å². The topological polar surface area (TPSA) is 87.9 Å². The Labute approximate surface area is 203 Å². The third-order valence-corrected chi connectivity index (χ3v) is 6.54. The first-order valence-corrected chi connectivity index (χ1v) is 11.9. The van der Waals surface area contributed by atoms with Crippen molar-refractivity contribution in [1.82, 2.24) is 14.8 Å². The number of nitriles is 1. The molecule has 34 heavy (non-hydrogen) atoms. The number of para-hydroxylation sites is 1. The molecule has 2 aromatic heterocycles. The average molecular weight is 472 g/mol. The Morgan fingerprint density at radius 1 is 1.09 bits per heavy atom. The van der Waals surface area contributed by atoms with Crippen molar-refractivity contribution in [3.05, 3.63) is 77.7 Å². The smallest absolute Gasteiger partial charge is 0.237 e. The quantitative estimate of drug-likeness (QED) is 0.316. The number of amides is 1. The minimum atomic E-state index is -0.0906. The number of rotatable bonds is 8. The summed E-state index contributed by atoms with van der Waals surface area (Å²) >= 11 is 1.32. The lowest BCUT2D eigenvalue weighted by Gasteiger charge is -2.22. The van der Waals surface area contributed by atoms with Gasteiger partial charge in [-0.2, -0.15) is 5.26 Å².